The molecule has 0 fully saturated rings. The van der Waals surface area contributed by atoms with E-state index in [0.29, 0.717) is 6.54 Å². The molecule has 0 spiro atoms. The number of rotatable bonds is 5. The minimum absolute atomic E-state index is 0. The van der Waals surface area contributed by atoms with Crippen molar-refractivity contribution in [3.63, 3.8) is 0 Å². The smallest absolute Gasteiger partial charge is 0.369 e. The molecule has 0 aliphatic carbocycles. The van der Waals surface area contributed by atoms with E-state index >= 15 is 0 Å². The molecule has 19 heavy (non-hydrogen) atoms. The minimum atomic E-state index is -4.42. The molecule has 3 nitrogen and oxygen atoms in total. The van der Waals surface area contributed by atoms with Gasteiger partial charge in [-0.25, -0.2) is 4.98 Å². The van der Waals surface area contributed by atoms with Crippen LogP contribution in [-0.2, 0) is 6.18 Å². The van der Waals surface area contributed by atoms with E-state index in [1.54, 1.807) is 0 Å². The zero-order valence-corrected chi connectivity index (χ0v) is 12.2. The van der Waals surface area contributed by atoms with Gasteiger partial charge in [-0.1, -0.05) is 11.6 Å². The lowest BCUT2D eigenvalue weighted by Crippen LogP contribution is -2.17. The topological polar surface area (TPSA) is 28.2 Å². The van der Waals surface area contributed by atoms with Gasteiger partial charge >= 0.3 is 6.18 Å². The number of hydrogen-bond acceptors (Lipinski definition) is 3. The summed E-state index contributed by atoms with van der Waals surface area (Å²) in [5.41, 5.74) is -0.841. The summed E-state index contributed by atoms with van der Waals surface area (Å²) in [5, 5.41) is 2.89. The van der Waals surface area contributed by atoms with E-state index in [-0.39, 0.29) is 23.2 Å². The zero-order valence-electron chi connectivity index (χ0n) is 10.6. The highest BCUT2D eigenvalue weighted by molar-refractivity contribution is 6.32. The van der Waals surface area contributed by atoms with Crippen LogP contribution in [0.25, 0.3) is 0 Å². The summed E-state index contributed by atoms with van der Waals surface area (Å²) in [6.07, 6.45) is -2.79. The molecule has 1 heterocycles. The van der Waals surface area contributed by atoms with Crippen LogP contribution in [0, 0.1) is 0 Å². The van der Waals surface area contributed by atoms with Gasteiger partial charge in [0.1, 0.15) is 5.82 Å². The van der Waals surface area contributed by atoms with Gasteiger partial charge in [0.2, 0.25) is 0 Å². The maximum absolute atomic E-state index is 12.4. The van der Waals surface area contributed by atoms with Crippen molar-refractivity contribution in [3.8, 4) is 0 Å². The quantitative estimate of drug-likeness (QED) is 0.842. The Morgan fingerprint density at radius 1 is 1.37 bits per heavy atom. The Kier molecular flexibility index (Phi) is 7.47. The van der Waals surface area contributed by atoms with Crippen molar-refractivity contribution in [1.29, 1.82) is 0 Å². The summed E-state index contributed by atoms with van der Waals surface area (Å²) in [4.78, 5) is 5.70. The van der Waals surface area contributed by atoms with Crippen LogP contribution in [0.4, 0.5) is 19.0 Å². The largest absolute Gasteiger partial charge is 0.417 e. The molecule has 1 aromatic rings. The lowest BCUT2D eigenvalue weighted by molar-refractivity contribution is -0.137. The van der Waals surface area contributed by atoms with Gasteiger partial charge in [-0.05, 0) is 33.1 Å². The van der Waals surface area contributed by atoms with Gasteiger partial charge in [0, 0.05) is 12.7 Å². The average molecular weight is 318 g/mol. The summed E-state index contributed by atoms with van der Waals surface area (Å²) >= 11 is 5.74. The van der Waals surface area contributed by atoms with Gasteiger partial charge in [-0.3, -0.25) is 0 Å². The first kappa shape index (κ1) is 18.3. The zero-order chi connectivity index (χ0) is 13.8. The molecule has 1 rings (SSSR count). The van der Waals surface area contributed by atoms with E-state index < -0.39 is 11.7 Å². The van der Waals surface area contributed by atoms with Crippen LogP contribution in [0.3, 0.4) is 0 Å². The maximum Gasteiger partial charge on any atom is 0.417 e. The molecule has 0 saturated heterocycles. The Morgan fingerprint density at radius 2 is 2.00 bits per heavy atom. The third-order valence-corrected chi connectivity index (χ3v) is 2.53. The number of nitrogens with one attached hydrogen (secondary N) is 1. The number of halogens is 5. The first-order chi connectivity index (χ1) is 8.30. The Bertz CT molecular complexity index is 397. The summed E-state index contributed by atoms with van der Waals surface area (Å²) in [5.74, 6) is 0.281. The molecule has 8 heteroatoms. The molecule has 110 valence electrons. The third-order valence-electron chi connectivity index (χ3n) is 2.24. The SMILES string of the molecule is CN(C)CCCNc1ncc(C(F)(F)F)cc1Cl.Cl. The number of nitrogens with zero attached hydrogens (tertiary/aromatic N) is 2. The molecular formula is C11H16Cl2F3N3. The first-order valence-corrected chi connectivity index (χ1v) is 5.80. The summed E-state index contributed by atoms with van der Waals surface area (Å²) in [7, 11) is 3.90. The maximum atomic E-state index is 12.4. The second kappa shape index (κ2) is 7.77. The van der Waals surface area contributed by atoms with Crippen LogP contribution in [-0.4, -0.2) is 37.1 Å². The van der Waals surface area contributed by atoms with Crippen LogP contribution in [0.15, 0.2) is 12.3 Å². The fourth-order valence-corrected chi connectivity index (χ4v) is 1.56. The van der Waals surface area contributed by atoms with Crippen molar-refractivity contribution >= 4 is 29.8 Å². The highest BCUT2D eigenvalue weighted by Crippen LogP contribution is 2.32. The normalized spacial score (nSPS) is 11.3. The van der Waals surface area contributed by atoms with Crippen molar-refractivity contribution in [1.82, 2.24) is 9.88 Å². The van der Waals surface area contributed by atoms with Crippen molar-refractivity contribution in [2.24, 2.45) is 0 Å². The second-order valence-corrected chi connectivity index (χ2v) is 4.54. The third kappa shape index (κ3) is 6.31. The van der Waals surface area contributed by atoms with E-state index in [0.717, 1.165) is 25.2 Å². The molecule has 0 aliphatic rings. The highest BCUT2D eigenvalue weighted by Gasteiger charge is 2.31. The van der Waals surface area contributed by atoms with Crippen LogP contribution in [0.1, 0.15) is 12.0 Å². The minimum Gasteiger partial charge on any atom is -0.369 e. The van der Waals surface area contributed by atoms with E-state index in [1.807, 2.05) is 19.0 Å². The molecule has 1 aromatic heterocycles. The van der Waals surface area contributed by atoms with Crippen LogP contribution in [0.5, 0.6) is 0 Å². The number of hydrogen-bond donors (Lipinski definition) is 1. The summed E-state index contributed by atoms with van der Waals surface area (Å²) in [6, 6.07) is 0.878. The fourth-order valence-electron chi connectivity index (χ4n) is 1.33. The fraction of sp³-hybridized carbons (Fsp3) is 0.545. The van der Waals surface area contributed by atoms with E-state index in [9.17, 15) is 13.2 Å². The van der Waals surface area contributed by atoms with Gasteiger partial charge < -0.3 is 10.2 Å². The summed E-state index contributed by atoms with van der Waals surface area (Å²) < 4.78 is 37.1. The van der Waals surface area contributed by atoms with Crippen LogP contribution in [0.2, 0.25) is 5.02 Å². The predicted octanol–water partition coefficient (Wildman–Crippen LogP) is 3.54. The average Bonchev–Trinajstić information content (AvgIpc) is 2.24. The van der Waals surface area contributed by atoms with E-state index in [2.05, 4.69) is 10.3 Å². The molecule has 0 atom stereocenters. The molecule has 0 saturated carbocycles. The van der Waals surface area contributed by atoms with Gasteiger partial charge in [0.05, 0.1) is 10.6 Å². The Labute approximate surface area is 121 Å². The molecule has 0 aliphatic heterocycles. The van der Waals surface area contributed by atoms with E-state index in [1.165, 1.54) is 0 Å². The monoisotopic (exact) mass is 317 g/mol. The molecular weight excluding hydrogens is 302 g/mol. The Hall–Kier alpha value is -0.720. The van der Waals surface area contributed by atoms with E-state index in [4.69, 9.17) is 11.6 Å². The van der Waals surface area contributed by atoms with Crippen molar-refractivity contribution in [2.75, 3.05) is 32.5 Å². The van der Waals surface area contributed by atoms with Crippen LogP contribution < -0.4 is 5.32 Å². The van der Waals surface area contributed by atoms with Gasteiger partial charge in [0.15, 0.2) is 0 Å². The van der Waals surface area contributed by atoms with Gasteiger partial charge in [0.25, 0.3) is 0 Å². The first-order valence-electron chi connectivity index (χ1n) is 5.42. The highest BCUT2D eigenvalue weighted by atomic mass is 35.5. The molecule has 0 bridgehead atoms. The number of anilines is 1. The second-order valence-electron chi connectivity index (χ2n) is 4.14. The number of pyridine rings is 1. The molecule has 0 radical (unpaired) electrons. The van der Waals surface area contributed by atoms with Gasteiger partial charge in [-0.15, -0.1) is 12.4 Å². The lowest BCUT2D eigenvalue weighted by atomic mass is 10.2. The number of aromatic nitrogens is 1. The molecule has 0 amide bonds. The van der Waals surface area contributed by atoms with Gasteiger partial charge in [-0.2, -0.15) is 13.2 Å². The van der Waals surface area contributed by atoms with Crippen molar-refractivity contribution in [2.45, 2.75) is 12.6 Å². The van der Waals surface area contributed by atoms with Crippen molar-refractivity contribution < 1.29 is 13.2 Å². The molecule has 0 unspecified atom stereocenters. The molecule has 1 N–H and O–H groups in total. The standard InChI is InChI=1S/C11H15ClF3N3.ClH/c1-18(2)5-3-4-16-10-9(12)6-8(7-17-10)11(13,14)15;/h6-7H,3-5H2,1-2H3,(H,16,17);1H. The Morgan fingerprint density at radius 3 is 2.47 bits per heavy atom. The predicted molar refractivity (Wildman–Crippen MR) is 73.2 cm³/mol. The molecule has 0 aromatic carbocycles. The Balaban J connectivity index is 0.00000324. The number of alkyl halides is 3. The summed E-state index contributed by atoms with van der Waals surface area (Å²) in [6.45, 7) is 1.49. The van der Waals surface area contributed by atoms with Crippen molar-refractivity contribution in [3.05, 3.63) is 22.8 Å². The van der Waals surface area contributed by atoms with Crippen LogP contribution >= 0.6 is 24.0 Å². The lowest BCUT2D eigenvalue weighted by Gasteiger charge is -2.12.